The first-order chi connectivity index (χ1) is 8.51. The van der Waals surface area contributed by atoms with Gasteiger partial charge in [-0.25, -0.2) is 9.97 Å². The van der Waals surface area contributed by atoms with Gasteiger partial charge in [-0.2, -0.15) is 13.2 Å². The maximum atomic E-state index is 11.8. The predicted molar refractivity (Wildman–Crippen MR) is 61.4 cm³/mol. The zero-order valence-corrected chi connectivity index (χ0v) is 10.1. The molecule has 0 fully saturated rings. The van der Waals surface area contributed by atoms with E-state index >= 15 is 0 Å². The summed E-state index contributed by atoms with van der Waals surface area (Å²) in [6.45, 7) is 1.54. The summed E-state index contributed by atoms with van der Waals surface area (Å²) in [5.41, 5.74) is 0. The Hall–Kier alpha value is -1.37. The second-order valence-electron chi connectivity index (χ2n) is 3.70. The number of aromatic nitrogens is 2. The summed E-state index contributed by atoms with van der Waals surface area (Å²) in [6.07, 6.45) is -1.48. The Morgan fingerprint density at radius 1 is 1.39 bits per heavy atom. The van der Waals surface area contributed by atoms with Crippen LogP contribution in [-0.4, -0.2) is 35.9 Å². The van der Waals surface area contributed by atoms with Crippen molar-refractivity contribution in [2.75, 3.05) is 25.1 Å². The molecule has 0 atom stereocenters. The predicted octanol–water partition coefficient (Wildman–Crippen LogP) is 2.42. The molecule has 102 valence electrons. The lowest BCUT2D eigenvalue weighted by atomic mass is 10.4. The number of alkyl halides is 3. The Balaban J connectivity index is 2.33. The van der Waals surface area contributed by atoms with Gasteiger partial charge in [0.05, 0.1) is 6.61 Å². The molecule has 0 aliphatic carbocycles. The summed E-state index contributed by atoms with van der Waals surface area (Å²) >= 11 is 0. The molecule has 0 unspecified atom stereocenters. The number of nitrogens with one attached hydrogen (secondary N) is 1. The number of nitrogens with zero attached hydrogens (tertiary/aromatic N) is 2. The number of hydrogen-bond donors (Lipinski definition) is 1. The largest absolute Gasteiger partial charge is 0.411 e. The van der Waals surface area contributed by atoms with E-state index in [1.165, 1.54) is 0 Å². The van der Waals surface area contributed by atoms with Crippen LogP contribution in [0.3, 0.4) is 0 Å². The monoisotopic (exact) mass is 263 g/mol. The molecule has 0 aromatic carbocycles. The smallest absolute Gasteiger partial charge is 0.372 e. The molecule has 1 aromatic rings. The average Bonchev–Trinajstić information content (AvgIpc) is 2.31. The van der Waals surface area contributed by atoms with Crippen LogP contribution in [0.25, 0.3) is 0 Å². The molecule has 1 rings (SSSR count). The van der Waals surface area contributed by atoms with E-state index < -0.39 is 12.8 Å². The second kappa shape index (κ2) is 7.15. The zero-order chi connectivity index (χ0) is 13.4. The van der Waals surface area contributed by atoms with Crippen molar-refractivity contribution in [3.63, 3.8) is 0 Å². The lowest BCUT2D eigenvalue weighted by Crippen LogP contribution is -2.18. The molecule has 0 saturated heterocycles. The van der Waals surface area contributed by atoms with Crippen molar-refractivity contribution in [3.05, 3.63) is 18.1 Å². The van der Waals surface area contributed by atoms with Crippen LogP contribution >= 0.6 is 0 Å². The van der Waals surface area contributed by atoms with Gasteiger partial charge in [-0.1, -0.05) is 6.92 Å². The molecule has 0 spiro atoms. The number of hydrogen-bond acceptors (Lipinski definition) is 4. The van der Waals surface area contributed by atoms with E-state index in [2.05, 4.69) is 20.0 Å². The van der Waals surface area contributed by atoms with Gasteiger partial charge in [0.15, 0.2) is 0 Å². The van der Waals surface area contributed by atoms with Crippen LogP contribution in [0.15, 0.2) is 12.3 Å². The average molecular weight is 263 g/mol. The van der Waals surface area contributed by atoms with E-state index in [0.717, 1.165) is 13.0 Å². The van der Waals surface area contributed by atoms with Gasteiger partial charge in [0.1, 0.15) is 18.2 Å². The van der Waals surface area contributed by atoms with Crippen LogP contribution in [0, 0.1) is 0 Å². The van der Waals surface area contributed by atoms with Crippen molar-refractivity contribution in [3.8, 4) is 0 Å². The first kappa shape index (κ1) is 14.7. The molecule has 7 heteroatoms. The van der Waals surface area contributed by atoms with Gasteiger partial charge in [0.25, 0.3) is 0 Å². The minimum atomic E-state index is -4.29. The van der Waals surface area contributed by atoms with E-state index in [9.17, 15) is 13.2 Å². The fraction of sp³-hybridized carbons (Fsp3) is 0.636. The summed E-state index contributed by atoms with van der Waals surface area (Å²) in [5.74, 6) is 1.15. The Morgan fingerprint density at radius 3 is 2.83 bits per heavy atom. The third-order valence-electron chi connectivity index (χ3n) is 2.00. The van der Waals surface area contributed by atoms with E-state index in [0.29, 0.717) is 11.6 Å². The molecule has 1 N–H and O–H groups in total. The molecule has 0 amide bonds. The summed E-state index contributed by atoms with van der Waals surface area (Å²) in [7, 11) is 0. The standard InChI is InChI=1S/C11H16F3N3O/c1-2-5-15-9-3-6-16-10(17-9)4-7-18-8-11(12,13)14/h3,6H,2,4-5,7-8H2,1H3,(H,15,16,17). The molecule has 0 saturated carbocycles. The summed E-state index contributed by atoms with van der Waals surface area (Å²) in [5, 5.41) is 3.08. The lowest BCUT2D eigenvalue weighted by molar-refractivity contribution is -0.173. The Kier molecular flexibility index (Phi) is 5.84. The highest BCUT2D eigenvalue weighted by molar-refractivity contribution is 5.32. The highest BCUT2D eigenvalue weighted by atomic mass is 19.4. The van der Waals surface area contributed by atoms with E-state index in [1.807, 2.05) is 6.92 Å². The molecule has 1 heterocycles. The maximum Gasteiger partial charge on any atom is 0.411 e. The Labute approximate surface area is 104 Å². The summed E-state index contributed by atoms with van der Waals surface area (Å²) in [6, 6.07) is 1.72. The fourth-order valence-corrected chi connectivity index (χ4v) is 1.22. The van der Waals surface area contributed by atoms with Crippen molar-refractivity contribution in [1.82, 2.24) is 9.97 Å². The highest BCUT2D eigenvalue weighted by Crippen LogP contribution is 2.14. The third-order valence-corrected chi connectivity index (χ3v) is 2.00. The molecule has 0 aliphatic rings. The highest BCUT2D eigenvalue weighted by Gasteiger charge is 2.27. The van der Waals surface area contributed by atoms with Crippen LogP contribution in [-0.2, 0) is 11.2 Å². The Bertz CT molecular complexity index is 358. The quantitative estimate of drug-likeness (QED) is 0.767. The molecular weight excluding hydrogens is 247 g/mol. The van der Waals surface area contributed by atoms with E-state index in [1.54, 1.807) is 12.3 Å². The number of rotatable bonds is 7. The van der Waals surface area contributed by atoms with Crippen molar-refractivity contribution in [2.45, 2.75) is 25.9 Å². The second-order valence-corrected chi connectivity index (χ2v) is 3.70. The zero-order valence-electron chi connectivity index (χ0n) is 10.1. The van der Waals surface area contributed by atoms with E-state index in [-0.39, 0.29) is 13.0 Å². The van der Waals surface area contributed by atoms with Crippen LogP contribution in [0.4, 0.5) is 19.0 Å². The van der Waals surface area contributed by atoms with Crippen molar-refractivity contribution < 1.29 is 17.9 Å². The van der Waals surface area contributed by atoms with Crippen LogP contribution in [0.5, 0.6) is 0 Å². The first-order valence-electron chi connectivity index (χ1n) is 5.71. The third kappa shape index (κ3) is 6.39. The van der Waals surface area contributed by atoms with Gasteiger partial charge in [-0.3, -0.25) is 0 Å². The number of anilines is 1. The summed E-state index contributed by atoms with van der Waals surface area (Å²) in [4.78, 5) is 8.13. The van der Waals surface area contributed by atoms with Crippen molar-refractivity contribution in [1.29, 1.82) is 0 Å². The fourth-order valence-electron chi connectivity index (χ4n) is 1.22. The number of ether oxygens (including phenoxy) is 1. The van der Waals surface area contributed by atoms with Crippen molar-refractivity contribution in [2.24, 2.45) is 0 Å². The van der Waals surface area contributed by atoms with Crippen LogP contribution in [0.1, 0.15) is 19.2 Å². The van der Waals surface area contributed by atoms with Crippen LogP contribution in [0.2, 0.25) is 0 Å². The minimum Gasteiger partial charge on any atom is -0.372 e. The lowest BCUT2D eigenvalue weighted by Gasteiger charge is -2.08. The molecule has 0 bridgehead atoms. The molecule has 0 aliphatic heterocycles. The van der Waals surface area contributed by atoms with Gasteiger partial charge >= 0.3 is 6.18 Å². The first-order valence-corrected chi connectivity index (χ1v) is 5.71. The number of halogens is 3. The van der Waals surface area contributed by atoms with Gasteiger partial charge in [0, 0.05) is 19.2 Å². The minimum absolute atomic E-state index is 0.0449. The molecule has 0 radical (unpaired) electrons. The van der Waals surface area contributed by atoms with Gasteiger partial charge in [-0.15, -0.1) is 0 Å². The molecular formula is C11H16F3N3O. The Morgan fingerprint density at radius 2 is 2.17 bits per heavy atom. The SMILES string of the molecule is CCCNc1ccnc(CCOCC(F)(F)F)n1. The molecule has 4 nitrogen and oxygen atoms in total. The molecule has 18 heavy (non-hydrogen) atoms. The van der Waals surface area contributed by atoms with E-state index in [4.69, 9.17) is 0 Å². The van der Waals surface area contributed by atoms with Gasteiger partial charge < -0.3 is 10.1 Å². The van der Waals surface area contributed by atoms with Crippen LogP contribution < -0.4 is 5.32 Å². The topological polar surface area (TPSA) is 47.0 Å². The van der Waals surface area contributed by atoms with Crippen molar-refractivity contribution >= 4 is 5.82 Å². The van der Waals surface area contributed by atoms with Gasteiger partial charge in [-0.05, 0) is 12.5 Å². The van der Waals surface area contributed by atoms with Gasteiger partial charge in [0.2, 0.25) is 0 Å². The summed E-state index contributed by atoms with van der Waals surface area (Å²) < 4.78 is 40.0. The normalized spacial score (nSPS) is 11.6. The molecule has 1 aromatic heterocycles. The maximum absolute atomic E-state index is 11.8.